The van der Waals surface area contributed by atoms with E-state index < -0.39 is 5.97 Å². The Hall–Kier alpha value is -2.23. The molecule has 1 heterocycles. The predicted octanol–water partition coefficient (Wildman–Crippen LogP) is 2.95. The Morgan fingerprint density at radius 1 is 1.10 bits per heavy atom. The highest BCUT2D eigenvalue weighted by molar-refractivity contribution is 5.71. The van der Waals surface area contributed by atoms with Crippen molar-refractivity contribution in [2.24, 2.45) is 0 Å². The van der Waals surface area contributed by atoms with E-state index in [0.717, 1.165) is 23.4 Å². The molecule has 2 aromatic rings. The van der Waals surface area contributed by atoms with Crippen LogP contribution in [0, 0.1) is 13.8 Å². The van der Waals surface area contributed by atoms with Gasteiger partial charge in [-0.05, 0) is 25.8 Å². The highest BCUT2D eigenvalue weighted by Crippen LogP contribution is 2.20. The van der Waals surface area contributed by atoms with Crippen LogP contribution in [0.2, 0.25) is 0 Å². The van der Waals surface area contributed by atoms with Crippen LogP contribution in [0.15, 0.2) is 24.3 Å². The summed E-state index contributed by atoms with van der Waals surface area (Å²) in [6.45, 7) is 5.77. The van der Waals surface area contributed by atoms with E-state index in [0.29, 0.717) is 11.4 Å². The fourth-order valence-corrected chi connectivity index (χ4v) is 2.17. The number of benzene rings is 1. The van der Waals surface area contributed by atoms with E-state index in [2.05, 4.69) is 29.0 Å². The summed E-state index contributed by atoms with van der Waals surface area (Å²) < 4.78 is 0. The zero-order valence-electron chi connectivity index (χ0n) is 12.0. The number of aliphatic carboxylic acids is 1. The summed E-state index contributed by atoms with van der Waals surface area (Å²) >= 11 is 0. The van der Waals surface area contributed by atoms with Gasteiger partial charge in [0.1, 0.15) is 0 Å². The molecule has 0 fully saturated rings. The molecule has 0 spiro atoms. The van der Waals surface area contributed by atoms with E-state index in [1.54, 1.807) is 0 Å². The summed E-state index contributed by atoms with van der Waals surface area (Å²) in [4.78, 5) is 19.7. The first kappa shape index (κ1) is 14.2. The summed E-state index contributed by atoms with van der Waals surface area (Å²) in [7, 11) is 0. The summed E-state index contributed by atoms with van der Waals surface area (Å²) in [5.74, 6) is -0.211. The van der Waals surface area contributed by atoms with Crippen LogP contribution in [0.3, 0.4) is 0 Å². The van der Waals surface area contributed by atoms with Crippen molar-refractivity contribution in [3.05, 3.63) is 46.8 Å². The van der Waals surface area contributed by atoms with Gasteiger partial charge in [0, 0.05) is 22.5 Å². The predicted molar refractivity (Wildman–Crippen MR) is 77.7 cm³/mol. The Morgan fingerprint density at radius 3 is 2.10 bits per heavy atom. The van der Waals surface area contributed by atoms with Crippen LogP contribution >= 0.6 is 0 Å². The summed E-state index contributed by atoms with van der Waals surface area (Å²) in [5, 5.41) is 8.90. The molecule has 0 atom stereocenters. The smallest absolute Gasteiger partial charge is 0.307 e. The van der Waals surface area contributed by atoms with Crippen molar-refractivity contribution in [1.29, 1.82) is 0 Å². The number of aryl methyl sites for hydroxylation is 3. The molecule has 4 nitrogen and oxygen atoms in total. The quantitative estimate of drug-likeness (QED) is 0.927. The van der Waals surface area contributed by atoms with Crippen LogP contribution in [-0.2, 0) is 17.6 Å². The van der Waals surface area contributed by atoms with Crippen molar-refractivity contribution in [2.75, 3.05) is 0 Å². The minimum atomic E-state index is -0.861. The van der Waals surface area contributed by atoms with Gasteiger partial charge in [-0.1, -0.05) is 31.2 Å². The fourth-order valence-electron chi connectivity index (χ4n) is 2.17. The summed E-state index contributed by atoms with van der Waals surface area (Å²) in [5.41, 5.74) is 4.38. The molecule has 104 valence electrons. The van der Waals surface area contributed by atoms with Crippen molar-refractivity contribution in [3.63, 3.8) is 0 Å². The van der Waals surface area contributed by atoms with Gasteiger partial charge >= 0.3 is 5.97 Å². The number of carbonyl (C=O) groups is 1. The third-order valence-electron chi connectivity index (χ3n) is 3.37. The molecule has 0 saturated carbocycles. The Kier molecular flexibility index (Phi) is 4.13. The number of aromatic nitrogens is 2. The highest BCUT2D eigenvalue weighted by atomic mass is 16.4. The highest BCUT2D eigenvalue weighted by Gasteiger charge is 2.12. The van der Waals surface area contributed by atoms with Gasteiger partial charge in [0.15, 0.2) is 5.82 Å². The number of hydrogen-bond donors (Lipinski definition) is 1. The molecule has 1 N–H and O–H groups in total. The zero-order chi connectivity index (χ0) is 14.7. The van der Waals surface area contributed by atoms with E-state index in [1.807, 2.05) is 26.0 Å². The average molecular weight is 270 g/mol. The van der Waals surface area contributed by atoms with Gasteiger partial charge in [-0.25, -0.2) is 9.97 Å². The summed E-state index contributed by atoms with van der Waals surface area (Å²) in [6.07, 6.45) is 0.962. The molecule has 0 amide bonds. The van der Waals surface area contributed by atoms with E-state index in [-0.39, 0.29) is 6.42 Å². The van der Waals surface area contributed by atoms with Crippen LogP contribution in [0.1, 0.15) is 29.4 Å². The maximum absolute atomic E-state index is 10.8. The molecular formula is C16H18N2O2. The minimum Gasteiger partial charge on any atom is -0.481 e. The Labute approximate surface area is 118 Å². The molecular weight excluding hydrogens is 252 g/mol. The lowest BCUT2D eigenvalue weighted by Gasteiger charge is -2.09. The zero-order valence-corrected chi connectivity index (χ0v) is 12.0. The van der Waals surface area contributed by atoms with Gasteiger partial charge in [-0.15, -0.1) is 0 Å². The standard InChI is InChI=1S/C16H18N2O2/c1-4-12-5-7-13(8-6-12)16-17-10(2)14(9-15(19)20)11(3)18-16/h5-8H,4,9H2,1-3H3,(H,19,20). The van der Waals surface area contributed by atoms with Crippen molar-refractivity contribution in [3.8, 4) is 11.4 Å². The number of nitrogens with zero attached hydrogens (tertiary/aromatic N) is 2. The lowest BCUT2D eigenvalue weighted by atomic mass is 10.1. The van der Waals surface area contributed by atoms with Gasteiger partial charge < -0.3 is 5.11 Å². The first-order chi connectivity index (χ1) is 9.51. The Bertz CT molecular complexity index is 610. The molecule has 0 aliphatic heterocycles. The van der Waals surface area contributed by atoms with Crippen LogP contribution in [-0.4, -0.2) is 21.0 Å². The molecule has 0 saturated heterocycles. The van der Waals surface area contributed by atoms with Crippen LogP contribution < -0.4 is 0 Å². The molecule has 4 heteroatoms. The maximum atomic E-state index is 10.8. The average Bonchev–Trinajstić information content (AvgIpc) is 2.42. The molecule has 0 unspecified atom stereocenters. The fraction of sp³-hybridized carbons (Fsp3) is 0.312. The lowest BCUT2D eigenvalue weighted by molar-refractivity contribution is -0.136. The van der Waals surface area contributed by atoms with Gasteiger partial charge in [-0.3, -0.25) is 4.79 Å². The first-order valence-electron chi connectivity index (χ1n) is 6.66. The minimum absolute atomic E-state index is 0.0350. The number of rotatable bonds is 4. The van der Waals surface area contributed by atoms with E-state index in [1.165, 1.54) is 5.56 Å². The first-order valence-corrected chi connectivity index (χ1v) is 6.66. The molecule has 0 radical (unpaired) electrons. The molecule has 2 rings (SSSR count). The molecule has 1 aromatic carbocycles. The van der Waals surface area contributed by atoms with Gasteiger partial charge in [0.2, 0.25) is 0 Å². The molecule has 1 aromatic heterocycles. The van der Waals surface area contributed by atoms with Crippen LogP contribution in [0.25, 0.3) is 11.4 Å². The molecule has 20 heavy (non-hydrogen) atoms. The topological polar surface area (TPSA) is 63.1 Å². The molecule has 0 aliphatic rings. The normalized spacial score (nSPS) is 10.6. The lowest BCUT2D eigenvalue weighted by Crippen LogP contribution is -2.08. The van der Waals surface area contributed by atoms with E-state index in [9.17, 15) is 4.79 Å². The second kappa shape index (κ2) is 5.82. The third-order valence-corrected chi connectivity index (χ3v) is 3.37. The van der Waals surface area contributed by atoms with Gasteiger partial charge in [-0.2, -0.15) is 0 Å². The van der Waals surface area contributed by atoms with E-state index in [4.69, 9.17) is 5.11 Å². The van der Waals surface area contributed by atoms with Gasteiger partial charge in [0.05, 0.1) is 6.42 Å². The Balaban J connectivity index is 2.40. The monoisotopic (exact) mass is 270 g/mol. The van der Waals surface area contributed by atoms with Crippen molar-refractivity contribution < 1.29 is 9.90 Å². The Morgan fingerprint density at radius 2 is 1.65 bits per heavy atom. The van der Waals surface area contributed by atoms with Crippen molar-refractivity contribution in [2.45, 2.75) is 33.6 Å². The number of carboxylic acids is 1. The van der Waals surface area contributed by atoms with Crippen molar-refractivity contribution in [1.82, 2.24) is 9.97 Å². The van der Waals surface area contributed by atoms with Crippen LogP contribution in [0.5, 0.6) is 0 Å². The number of carboxylic acid groups (broad SMARTS) is 1. The largest absolute Gasteiger partial charge is 0.481 e. The SMILES string of the molecule is CCc1ccc(-c2nc(C)c(CC(=O)O)c(C)n2)cc1. The number of hydrogen-bond acceptors (Lipinski definition) is 3. The maximum Gasteiger partial charge on any atom is 0.307 e. The third kappa shape index (κ3) is 3.02. The van der Waals surface area contributed by atoms with E-state index >= 15 is 0 Å². The molecule has 0 bridgehead atoms. The second-order valence-electron chi connectivity index (χ2n) is 4.82. The summed E-state index contributed by atoms with van der Waals surface area (Å²) in [6, 6.07) is 8.14. The van der Waals surface area contributed by atoms with Crippen LogP contribution in [0.4, 0.5) is 0 Å². The second-order valence-corrected chi connectivity index (χ2v) is 4.82. The van der Waals surface area contributed by atoms with Gasteiger partial charge in [0.25, 0.3) is 0 Å². The molecule has 0 aliphatic carbocycles. The van der Waals surface area contributed by atoms with Crippen molar-refractivity contribution >= 4 is 5.97 Å².